The number of halogens is 1. The minimum atomic E-state index is -0.527. The van der Waals surface area contributed by atoms with Crippen LogP contribution in [0, 0.1) is 0 Å². The van der Waals surface area contributed by atoms with Crippen LogP contribution in [0.3, 0.4) is 0 Å². The van der Waals surface area contributed by atoms with Gasteiger partial charge in [-0.15, -0.1) is 0 Å². The van der Waals surface area contributed by atoms with Crippen LogP contribution in [0.2, 0.25) is 0 Å². The summed E-state index contributed by atoms with van der Waals surface area (Å²) in [7, 11) is 1.48. The highest BCUT2D eigenvalue weighted by molar-refractivity contribution is 9.10. The smallest absolute Gasteiger partial charge is 0.344 e. The van der Waals surface area contributed by atoms with Gasteiger partial charge in [0.2, 0.25) is 0 Å². The summed E-state index contributed by atoms with van der Waals surface area (Å²) in [4.78, 5) is 40.2. The van der Waals surface area contributed by atoms with Crippen molar-refractivity contribution in [3.8, 4) is 11.5 Å². The number of nitrogens with zero attached hydrogens (tertiary/aromatic N) is 1. The van der Waals surface area contributed by atoms with Crippen LogP contribution in [0.4, 0.5) is 4.79 Å². The third kappa shape index (κ3) is 5.16. The van der Waals surface area contributed by atoms with Gasteiger partial charge >= 0.3 is 5.97 Å². The summed E-state index contributed by atoms with van der Waals surface area (Å²) in [6, 6.07) is 25.5. The van der Waals surface area contributed by atoms with Crippen LogP contribution in [0.15, 0.2) is 94.3 Å². The third-order valence-corrected chi connectivity index (χ3v) is 7.54. The molecule has 4 aromatic carbocycles. The molecule has 0 radical (unpaired) electrons. The normalized spacial score (nSPS) is 14.4. The van der Waals surface area contributed by atoms with Gasteiger partial charge in [-0.25, -0.2) is 4.79 Å². The van der Waals surface area contributed by atoms with Crippen molar-refractivity contribution < 1.29 is 23.9 Å². The highest BCUT2D eigenvalue weighted by Crippen LogP contribution is 2.36. The van der Waals surface area contributed by atoms with Crippen LogP contribution in [0.5, 0.6) is 11.5 Å². The van der Waals surface area contributed by atoms with E-state index in [0.29, 0.717) is 16.9 Å². The maximum absolute atomic E-state index is 13.1. The molecule has 0 aliphatic carbocycles. The Balaban J connectivity index is 1.40. The molecule has 1 aliphatic heterocycles. The van der Waals surface area contributed by atoms with Crippen LogP contribution < -0.4 is 9.47 Å². The number of carbonyl (C=O) groups is 3. The first-order valence-corrected chi connectivity index (χ1v) is 12.9. The molecule has 1 aliphatic rings. The van der Waals surface area contributed by atoms with E-state index >= 15 is 0 Å². The Morgan fingerprint density at radius 3 is 2.51 bits per heavy atom. The predicted molar refractivity (Wildman–Crippen MR) is 148 cm³/mol. The van der Waals surface area contributed by atoms with Gasteiger partial charge < -0.3 is 9.47 Å². The zero-order chi connectivity index (χ0) is 25.9. The van der Waals surface area contributed by atoms with E-state index in [1.165, 1.54) is 12.0 Å². The van der Waals surface area contributed by atoms with Gasteiger partial charge in [-0.3, -0.25) is 14.5 Å². The van der Waals surface area contributed by atoms with Gasteiger partial charge in [-0.05, 0) is 64.0 Å². The summed E-state index contributed by atoms with van der Waals surface area (Å²) in [6.45, 7) is 0.167. The van der Waals surface area contributed by atoms with E-state index in [0.717, 1.165) is 32.6 Å². The molecule has 0 aromatic heterocycles. The summed E-state index contributed by atoms with van der Waals surface area (Å²) < 4.78 is 11.9. The zero-order valence-corrected chi connectivity index (χ0v) is 22.0. The maximum atomic E-state index is 13.1. The fraction of sp³-hybridized carbons (Fsp3) is 0.0690. The molecule has 0 bridgehead atoms. The Morgan fingerprint density at radius 1 is 0.946 bits per heavy atom. The Morgan fingerprint density at radius 2 is 1.70 bits per heavy atom. The second-order valence-corrected chi connectivity index (χ2v) is 10.0. The topological polar surface area (TPSA) is 72.9 Å². The van der Waals surface area contributed by atoms with E-state index in [4.69, 9.17) is 9.47 Å². The molecule has 1 fully saturated rings. The molecule has 1 saturated heterocycles. The molecular formula is C29H20BrNO5S. The number of methoxy groups -OCH3 is 1. The molecule has 0 saturated carbocycles. The lowest BCUT2D eigenvalue weighted by molar-refractivity contribution is -0.123. The maximum Gasteiger partial charge on any atom is 0.344 e. The second-order valence-electron chi connectivity index (χ2n) is 8.19. The van der Waals surface area contributed by atoms with E-state index in [1.54, 1.807) is 36.4 Å². The first-order chi connectivity index (χ1) is 17.9. The fourth-order valence-electron chi connectivity index (χ4n) is 4.01. The first kappa shape index (κ1) is 24.8. The lowest BCUT2D eigenvalue weighted by Crippen LogP contribution is -2.27. The monoisotopic (exact) mass is 573 g/mol. The Kier molecular flexibility index (Phi) is 7.12. The number of esters is 1. The van der Waals surface area contributed by atoms with Gasteiger partial charge in [0.15, 0.2) is 11.5 Å². The molecule has 0 unspecified atom stereocenters. The largest absolute Gasteiger partial charge is 0.493 e. The van der Waals surface area contributed by atoms with E-state index < -0.39 is 5.97 Å². The number of hydrogen-bond donors (Lipinski definition) is 0. The molecule has 0 N–H and O–H groups in total. The number of amides is 2. The summed E-state index contributed by atoms with van der Waals surface area (Å²) in [6.07, 6.45) is 1.61. The number of fused-ring (bicyclic) bond motifs is 1. The second kappa shape index (κ2) is 10.6. The van der Waals surface area contributed by atoms with Gasteiger partial charge in [0, 0.05) is 4.47 Å². The lowest BCUT2D eigenvalue weighted by atomic mass is 10.0. The number of benzene rings is 4. The van der Waals surface area contributed by atoms with Crippen molar-refractivity contribution in [2.45, 2.75) is 6.54 Å². The van der Waals surface area contributed by atoms with Crippen molar-refractivity contribution >= 4 is 61.7 Å². The average molecular weight is 574 g/mol. The Bertz CT molecular complexity index is 1580. The molecule has 1 heterocycles. The molecule has 8 heteroatoms. The van der Waals surface area contributed by atoms with E-state index in [1.807, 2.05) is 54.6 Å². The van der Waals surface area contributed by atoms with Crippen LogP contribution in [-0.4, -0.2) is 29.1 Å². The highest BCUT2D eigenvalue weighted by atomic mass is 79.9. The minimum Gasteiger partial charge on any atom is -0.493 e. The summed E-state index contributed by atoms with van der Waals surface area (Å²) in [5.41, 5.74) is 1.85. The fourth-order valence-corrected chi connectivity index (χ4v) is 5.25. The van der Waals surface area contributed by atoms with E-state index in [2.05, 4.69) is 15.9 Å². The molecule has 4 aromatic rings. The van der Waals surface area contributed by atoms with Gasteiger partial charge in [0.1, 0.15) is 0 Å². The average Bonchev–Trinajstić information content (AvgIpc) is 3.17. The minimum absolute atomic E-state index is 0.167. The summed E-state index contributed by atoms with van der Waals surface area (Å²) in [5, 5.41) is 1.36. The molecule has 0 spiro atoms. The van der Waals surface area contributed by atoms with Crippen molar-refractivity contribution in [1.82, 2.24) is 4.90 Å². The molecule has 2 amide bonds. The number of imide groups is 1. The Hall–Kier alpha value is -3.88. The van der Waals surface area contributed by atoms with Gasteiger partial charge in [0.05, 0.1) is 24.1 Å². The first-order valence-electron chi connectivity index (χ1n) is 11.3. The number of rotatable bonds is 6. The van der Waals surface area contributed by atoms with Crippen molar-refractivity contribution in [3.05, 3.63) is 111 Å². The highest BCUT2D eigenvalue weighted by Gasteiger charge is 2.35. The number of thioether (sulfide) groups is 1. The van der Waals surface area contributed by atoms with Crippen molar-refractivity contribution in [1.29, 1.82) is 0 Å². The van der Waals surface area contributed by atoms with E-state index in [9.17, 15) is 14.4 Å². The van der Waals surface area contributed by atoms with Crippen LogP contribution in [0.25, 0.3) is 16.8 Å². The van der Waals surface area contributed by atoms with Gasteiger partial charge in [-0.1, -0.05) is 76.6 Å². The van der Waals surface area contributed by atoms with Gasteiger partial charge in [-0.2, -0.15) is 0 Å². The molecular weight excluding hydrogens is 554 g/mol. The number of hydrogen-bond acceptors (Lipinski definition) is 6. The summed E-state index contributed by atoms with van der Waals surface area (Å²) >= 11 is 4.33. The Labute approximate surface area is 226 Å². The quantitative estimate of drug-likeness (QED) is 0.139. The van der Waals surface area contributed by atoms with Crippen molar-refractivity contribution in [2.24, 2.45) is 0 Å². The molecule has 6 nitrogen and oxygen atoms in total. The van der Waals surface area contributed by atoms with Crippen LogP contribution in [-0.2, 0) is 11.3 Å². The number of ether oxygens (including phenoxy) is 2. The van der Waals surface area contributed by atoms with Gasteiger partial charge in [0.25, 0.3) is 11.1 Å². The molecule has 5 rings (SSSR count). The molecule has 184 valence electrons. The molecule has 0 atom stereocenters. The van der Waals surface area contributed by atoms with E-state index in [-0.39, 0.29) is 28.3 Å². The molecule has 37 heavy (non-hydrogen) atoms. The standard InChI is InChI=1S/C29H20BrNO5S/c1-35-24-14-13-18(15-25(24)36-28(33)22-11-6-9-19-7-2-4-10-21(19)22)16-26-27(32)31(29(34)37-26)17-20-8-3-5-12-23(20)30/h2-16H,17H2,1H3/b26-16-. The van der Waals surface area contributed by atoms with Crippen LogP contribution >= 0.6 is 27.7 Å². The summed E-state index contributed by atoms with van der Waals surface area (Å²) in [5.74, 6) is -0.328. The predicted octanol–water partition coefficient (Wildman–Crippen LogP) is 7.07. The van der Waals surface area contributed by atoms with Crippen molar-refractivity contribution in [2.75, 3.05) is 7.11 Å². The lowest BCUT2D eigenvalue weighted by Gasteiger charge is -2.13. The number of carbonyl (C=O) groups excluding carboxylic acids is 3. The third-order valence-electron chi connectivity index (χ3n) is 5.86. The zero-order valence-electron chi connectivity index (χ0n) is 19.6. The van der Waals surface area contributed by atoms with Crippen LogP contribution in [0.1, 0.15) is 21.5 Å². The SMILES string of the molecule is COc1ccc(/C=C2\SC(=O)N(Cc3ccccc3Br)C2=O)cc1OC(=O)c1cccc2ccccc12. The van der Waals surface area contributed by atoms with Crippen molar-refractivity contribution in [3.63, 3.8) is 0 Å².